The third-order valence-corrected chi connectivity index (χ3v) is 1.48. The molecule has 1 rings (SSSR count). The fourth-order valence-corrected chi connectivity index (χ4v) is 0.810. The molecule has 0 heterocycles. The zero-order valence-electron chi connectivity index (χ0n) is 5.28. The van der Waals surface area contributed by atoms with Crippen LogP contribution in [0.1, 0.15) is 15.9 Å². The standard InChI is InChI=1S/C8H6OS/c9-5-7-1-3-8(6-10)4-2-7/h1-6H. The molecule has 10 heavy (non-hydrogen) atoms. The van der Waals surface area contributed by atoms with Crippen LogP contribution in [0.25, 0.3) is 0 Å². The summed E-state index contributed by atoms with van der Waals surface area (Å²) < 4.78 is 0. The van der Waals surface area contributed by atoms with Crippen LogP contribution in [0.4, 0.5) is 0 Å². The van der Waals surface area contributed by atoms with Crippen LogP contribution in [-0.2, 0) is 0 Å². The number of carbonyl (C=O) groups is 1. The molecule has 0 atom stereocenters. The highest BCUT2D eigenvalue weighted by Crippen LogP contribution is 1.99. The van der Waals surface area contributed by atoms with Gasteiger partial charge in [0.15, 0.2) is 0 Å². The van der Waals surface area contributed by atoms with Gasteiger partial charge in [0.2, 0.25) is 0 Å². The number of aldehydes is 1. The Kier molecular flexibility index (Phi) is 2.29. The largest absolute Gasteiger partial charge is 0.298 e. The van der Waals surface area contributed by atoms with Crippen molar-refractivity contribution in [3.8, 4) is 0 Å². The summed E-state index contributed by atoms with van der Waals surface area (Å²) in [6.45, 7) is 0. The molecule has 0 fully saturated rings. The summed E-state index contributed by atoms with van der Waals surface area (Å²) in [6.07, 6.45) is 0.813. The molecule has 0 aliphatic rings. The van der Waals surface area contributed by atoms with Gasteiger partial charge in [-0.25, -0.2) is 0 Å². The summed E-state index contributed by atoms with van der Waals surface area (Å²) in [5, 5.41) is 1.58. The number of rotatable bonds is 2. The molecule has 0 saturated carbocycles. The zero-order valence-corrected chi connectivity index (χ0v) is 6.10. The van der Waals surface area contributed by atoms with Gasteiger partial charge in [-0.2, -0.15) is 0 Å². The van der Waals surface area contributed by atoms with E-state index in [1.807, 2.05) is 12.1 Å². The highest BCUT2D eigenvalue weighted by Gasteiger charge is 1.87. The first-order valence-corrected chi connectivity index (χ1v) is 3.34. The van der Waals surface area contributed by atoms with Crippen molar-refractivity contribution in [2.45, 2.75) is 0 Å². The molecule has 0 amide bonds. The van der Waals surface area contributed by atoms with Crippen molar-refractivity contribution in [3.63, 3.8) is 0 Å². The van der Waals surface area contributed by atoms with E-state index in [0.29, 0.717) is 5.56 Å². The normalized spacial score (nSPS) is 8.80. The molecule has 1 aromatic rings. The van der Waals surface area contributed by atoms with Crippen LogP contribution in [0.5, 0.6) is 0 Å². The fraction of sp³-hybridized carbons (Fsp3) is 0. The molecule has 2 heteroatoms. The van der Waals surface area contributed by atoms with E-state index in [-0.39, 0.29) is 0 Å². The van der Waals surface area contributed by atoms with E-state index in [4.69, 9.17) is 0 Å². The van der Waals surface area contributed by atoms with Crippen molar-refractivity contribution < 1.29 is 4.79 Å². The maximum absolute atomic E-state index is 10.2. The maximum atomic E-state index is 10.2. The molecular weight excluding hydrogens is 144 g/mol. The van der Waals surface area contributed by atoms with Gasteiger partial charge in [-0.05, 0) is 5.56 Å². The fourth-order valence-electron chi connectivity index (χ4n) is 0.653. The molecule has 0 radical (unpaired) electrons. The van der Waals surface area contributed by atoms with E-state index in [9.17, 15) is 4.79 Å². The minimum absolute atomic E-state index is 0.681. The molecule has 50 valence electrons. The van der Waals surface area contributed by atoms with E-state index < -0.39 is 0 Å². The topological polar surface area (TPSA) is 17.1 Å². The van der Waals surface area contributed by atoms with Gasteiger partial charge in [-0.1, -0.05) is 36.5 Å². The number of carbonyl (C=O) groups excluding carboxylic acids is 1. The lowest BCUT2D eigenvalue weighted by Crippen LogP contribution is -1.80. The van der Waals surface area contributed by atoms with E-state index in [1.165, 1.54) is 0 Å². The third-order valence-electron chi connectivity index (χ3n) is 1.21. The molecule has 0 spiro atoms. The van der Waals surface area contributed by atoms with Crippen LogP contribution in [0.3, 0.4) is 0 Å². The molecule has 0 bridgehead atoms. The Bertz CT molecular complexity index is 211. The van der Waals surface area contributed by atoms with Crippen LogP contribution >= 0.6 is 12.2 Å². The molecule has 1 aromatic carbocycles. The predicted octanol–water partition coefficient (Wildman–Crippen LogP) is 1.85. The Morgan fingerprint density at radius 2 is 1.60 bits per heavy atom. The summed E-state index contributed by atoms with van der Waals surface area (Å²) in [5.74, 6) is 0. The van der Waals surface area contributed by atoms with Crippen molar-refractivity contribution in [3.05, 3.63) is 35.4 Å². The number of thiocarbonyl (C=S) groups is 1. The van der Waals surface area contributed by atoms with Crippen LogP contribution in [0.15, 0.2) is 24.3 Å². The SMILES string of the molecule is O=Cc1ccc(C=S)cc1. The minimum Gasteiger partial charge on any atom is -0.298 e. The molecule has 0 aliphatic carbocycles. The Morgan fingerprint density at radius 3 is 2.00 bits per heavy atom. The first kappa shape index (κ1) is 7.09. The lowest BCUT2D eigenvalue weighted by atomic mass is 10.2. The van der Waals surface area contributed by atoms with E-state index in [0.717, 1.165) is 11.8 Å². The summed E-state index contributed by atoms with van der Waals surface area (Å²) in [4.78, 5) is 10.2. The Hall–Kier alpha value is -1.02. The highest BCUT2D eigenvalue weighted by molar-refractivity contribution is 7.79. The van der Waals surface area contributed by atoms with Gasteiger partial charge in [-0.3, -0.25) is 4.79 Å². The van der Waals surface area contributed by atoms with Gasteiger partial charge in [0.05, 0.1) is 0 Å². The average molecular weight is 150 g/mol. The molecule has 0 N–H and O–H groups in total. The highest BCUT2D eigenvalue weighted by atomic mass is 32.1. The first-order valence-electron chi connectivity index (χ1n) is 2.87. The van der Waals surface area contributed by atoms with Gasteiger partial charge < -0.3 is 0 Å². The number of hydrogen-bond donors (Lipinski definition) is 0. The maximum Gasteiger partial charge on any atom is 0.150 e. The monoisotopic (exact) mass is 150 g/mol. The quantitative estimate of drug-likeness (QED) is 0.472. The second kappa shape index (κ2) is 3.22. The van der Waals surface area contributed by atoms with Gasteiger partial charge >= 0.3 is 0 Å². The second-order valence-electron chi connectivity index (χ2n) is 1.90. The van der Waals surface area contributed by atoms with E-state index >= 15 is 0 Å². The van der Waals surface area contributed by atoms with Gasteiger partial charge in [0.25, 0.3) is 0 Å². The molecule has 0 unspecified atom stereocenters. The lowest BCUT2D eigenvalue weighted by molar-refractivity contribution is 0.112. The van der Waals surface area contributed by atoms with Crippen molar-refractivity contribution in [1.29, 1.82) is 0 Å². The van der Waals surface area contributed by atoms with Crippen LogP contribution in [0, 0.1) is 0 Å². The molecule has 1 nitrogen and oxygen atoms in total. The molecule has 0 aromatic heterocycles. The van der Waals surface area contributed by atoms with Gasteiger partial charge in [0.1, 0.15) is 6.29 Å². The van der Waals surface area contributed by atoms with Crippen molar-refractivity contribution in [2.24, 2.45) is 0 Å². The van der Waals surface area contributed by atoms with Crippen LogP contribution in [0.2, 0.25) is 0 Å². The molecular formula is C8H6OS. The second-order valence-corrected chi connectivity index (χ2v) is 2.14. The number of benzene rings is 1. The lowest BCUT2D eigenvalue weighted by Gasteiger charge is -1.89. The van der Waals surface area contributed by atoms with Crippen LogP contribution in [-0.4, -0.2) is 11.7 Å². The average Bonchev–Trinajstić information content (AvgIpc) is 2.05. The molecule has 0 aliphatic heterocycles. The minimum atomic E-state index is 0.681. The zero-order chi connectivity index (χ0) is 7.40. The van der Waals surface area contributed by atoms with Gasteiger partial charge in [0, 0.05) is 10.9 Å². The predicted molar refractivity (Wildman–Crippen MR) is 44.6 cm³/mol. The van der Waals surface area contributed by atoms with Crippen LogP contribution < -0.4 is 0 Å². The number of hydrogen-bond acceptors (Lipinski definition) is 2. The van der Waals surface area contributed by atoms with E-state index in [1.54, 1.807) is 17.5 Å². The first-order chi connectivity index (χ1) is 4.86. The van der Waals surface area contributed by atoms with Crippen molar-refractivity contribution in [1.82, 2.24) is 0 Å². The Labute approximate surface area is 64.7 Å². The van der Waals surface area contributed by atoms with E-state index in [2.05, 4.69) is 12.2 Å². The van der Waals surface area contributed by atoms with Crippen molar-refractivity contribution in [2.75, 3.05) is 0 Å². The summed E-state index contributed by atoms with van der Waals surface area (Å²) in [6, 6.07) is 7.11. The summed E-state index contributed by atoms with van der Waals surface area (Å²) in [7, 11) is 0. The molecule has 0 saturated heterocycles. The Morgan fingerprint density at radius 1 is 1.10 bits per heavy atom. The summed E-state index contributed by atoms with van der Waals surface area (Å²) >= 11 is 4.68. The summed E-state index contributed by atoms with van der Waals surface area (Å²) in [5.41, 5.74) is 1.64. The third kappa shape index (κ3) is 1.48. The van der Waals surface area contributed by atoms with Crippen molar-refractivity contribution >= 4 is 23.9 Å². The van der Waals surface area contributed by atoms with Gasteiger partial charge in [-0.15, -0.1) is 0 Å². The smallest absolute Gasteiger partial charge is 0.150 e. The Balaban J connectivity index is 3.00.